The molecule has 0 saturated heterocycles. The van der Waals surface area contributed by atoms with Gasteiger partial charge in [-0.2, -0.15) is 18.4 Å². The highest BCUT2D eigenvalue weighted by atomic mass is 32.1. The Bertz CT molecular complexity index is 373. The van der Waals surface area contributed by atoms with Gasteiger partial charge in [-0.3, -0.25) is 0 Å². The summed E-state index contributed by atoms with van der Waals surface area (Å²) in [6.45, 7) is 1.43. The standard InChI is InChI=1S/C8H5F3N2S/c1-4-2-6(8(9,10)11)13-7(14)5(4)3-12/h2,5H,1H3. The summed E-state index contributed by atoms with van der Waals surface area (Å²) in [7, 11) is 0. The number of nitriles is 1. The molecule has 2 nitrogen and oxygen atoms in total. The summed E-state index contributed by atoms with van der Waals surface area (Å²) >= 11 is 4.60. The van der Waals surface area contributed by atoms with Gasteiger partial charge in [0.1, 0.15) is 16.6 Å². The molecule has 14 heavy (non-hydrogen) atoms. The topological polar surface area (TPSA) is 36.1 Å². The van der Waals surface area contributed by atoms with Crippen molar-refractivity contribution in [2.75, 3.05) is 0 Å². The van der Waals surface area contributed by atoms with Crippen LogP contribution >= 0.6 is 12.2 Å². The van der Waals surface area contributed by atoms with E-state index in [0.717, 1.165) is 6.08 Å². The molecule has 0 fully saturated rings. The van der Waals surface area contributed by atoms with Crippen LogP contribution in [0.2, 0.25) is 0 Å². The van der Waals surface area contributed by atoms with Crippen LogP contribution in [0.1, 0.15) is 6.92 Å². The summed E-state index contributed by atoms with van der Waals surface area (Å²) in [6.07, 6.45) is -3.66. The minimum Gasteiger partial charge on any atom is -0.235 e. The van der Waals surface area contributed by atoms with Crippen LogP contribution in [0, 0.1) is 17.2 Å². The summed E-state index contributed by atoms with van der Waals surface area (Å²) in [5, 5.41) is 8.59. The number of hydrogen-bond acceptors (Lipinski definition) is 2. The van der Waals surface area contributed by atoms with Gasteiger partial charge in [0.05, 0.1) is 6.07 Å². The average molecular weight is 218 g/mol. The van der Waals surface area contributed by atoms with E-state index in [4.69, 9.17) is 5.26 Å². The number of alkyl halides is 3. The van der Waals surface area contributed by atoms with Crippen LogP contribution < -0.4 is 0 Å². The Hall–Kier alpha value is -1.22. The van der Waals surface area contributed by atoms with Gasteiger partial charge in [0.25, 0.3) is 0 Å². The first-order valence-electron chi connectivity index (χ1n) is 3.64. The van der Waals surface area contributed by atoms with Crippen LogP contribution in [0.15, 0.2) is 16.6 Å². The van der Waals surface area contributed by atoms with E-state index in [1.54, 1.807) is 6.07 Å². The molecule has 0 aromatic heterocycles. The van der Waals surface area contributed by atoms with Crippen LogP contribution in [-0.4, -0.2) is 16.9 Å². The highest BCUT2D eigenvalue weighted by molar-refractivity contribution is 7.80. The first-order valence-corrected chi connectivity index (χ1v) is 4.04. The molecule has 0 amide bonds. The molecule has 0 spiro atoms. The van der Waals surface area contributed by atoms with Gasteiger partial charge in [0.2, 0.25) is 0 Å². The number of dihydropyridines is 1. The second-order valence-electron chi connectivity index (χ2n) is 2.78. The van der Waals surface area contributed by atoms with Crippen LogP contribution in [-0.2, 0) is 0 Å². The molecular weight excluding hydrogens is 213 g/mol. The Morgan fingerprint density at radius 1 is 1.57 bits per heavy atom. The van der Waals surface area contributed by atoms with Crippen molar-refractivity contribution < 1.29 is 13.2 Å². The molecule has 1 rings (SSSR count). The van der Waals surface area contributed by atoms with Crippen molar-refractivity contribution in [1.29, 1.82) is 5.26 Å². The summed E-state index contributed by atoms with van der Waals surface area (Å²) in [6, 6.07) is 1.79. The van der Waals surface area contributed by atoms with Gasteiger partial charge in [-0.25, -0.2) is 4.99 Å². The van der Waals surface area contributed by atoms with Crippen molar-refractivity contribution in [2.24, 2.45) is 10.9 Å². The fourth-order valence-corrected chi connectivity index (χ4v) is 1.35. The second-order valence-corrected chi connectivity index (χ2v) is 3.20. The fourth-order valence-electron chi connectivity index (χ4n) is 1.01. The Kier molecular flexibility index (Phi) is 2.71. The number of nitrogens with zero attached hydrogens (tertiary/aromatic N) is 2. The van der Waals surface area contributed by atoms with E-state index in [0.29, 0.717) is 0 Å². The number of allylic oxidation sites excluding steroid dienone is 1. The lowest BCUT2D eigenvalue weighted by molar-refractivity contribution is -0.0576. The molecule has 0 aromatic rings. The van der Waals surface area contributed by atoms with Gasteiger partial charge in [-0.15, -0.1) is 0 Å². The smallest absolute Gasteiger partial charge is 0.235 e. The first kappa shape index (κ1) is 10.9. The third-order valence-corrected chi connectivity index (χ3v) is 2.04. The molecule has 1 atom stereocenters. The van der Waals surface area contributed by atoms with E-state index in [9.17, 15) is 13.2 Å². The van der Waals surface area contributed by atoms with Crippen LogP contribution in [0.5, 0.6) is 0 Å². The lowest BCUT2D eigenvalue weighted by atomic mass is 9.98. The monoisotopic (exact) mass is 218 g/mol. The lowest BCUT2D eigenvalue weighted by Crippen LogP contribution is -2.28. The van der Waals surface area contributed by atoms with E-state index in [1.807, 2.05) is 0 Å². The maximum atomic E-state index is 12.2. The van der Waals surface area contributed by atoms with E-state index >= 15 is 0 Å². The van der Waals surface area contributed by atoms with Gasteiger partial charge in [-0.1, -0.05) is 12.2 Å². The zero-order chi connectivity index (χ0) is 10.9. The molecule has 1 unspecified atom stereocenters. The summed E-state index contributed by atoms with van der Waals surface area (Å²) in [5.41, 5.74) is -0.758. The van der Waals surface area contributed by atoms with Gasteiger partial charge < -0.3 is 0 Å². The van der Waals surface area contributed by atoms with E-state index in [-0.39, 0.29) is 10.6 Å². The number of halogens is 3. The van der Waals surface area contributed by atoms with Crippen molar-refractivity contribution >= 4 is 22.9 Å². The van der Waals surface area contributed by atoms with Gasteiger partial charge >= 0.3 is 6.18 Å². The molecule has 74 valence electrons. The highest BCUT2D eigenvalue weighted by Gasteiger charge is 2.37. The van der Waals surface area contributed by atoms with Crippen LogP contribution in [0.3, 0.4) is 0 Å². The fraction of sp³-hybridized carbons (Fsp3) is 0.375. The molecule has 0 bridgehead atoms. The normalized spacial score (nSPS) is 22.5. The molecule has 1 aliphatic rings. The number of thiocarbonyl (C=S) groups is 1. The number of hydrogen-bond donors (Lipinski definition) is 0. The van der Waals surface area contributed by atoms with Crippen LogP contribution in [0.4, 0.5) is 13.2 Å². The van der Waals surface area contributed by atoms with E-state index < -0.39 is 17.8 Å². The quantitative estimate of drug-likeness (QED) is 0.585. The molecular formula is C8H5F3N2S. The Labute approximate surface area is 83.7 Å². The maximum absolute atomic E-state index is 12.2. The summed E-state index contributed by atoms with van der Waals surface area (Å²) in [4.78, 5) is 2.96. The SMILES string of the molecule is CC1=CC(C(F)(F)F)=NC(=S)C1C#N. The first-order chi connectivity index (χ1) is 6.36. The molecule has 0 saturated carbocycles. The third kappa shape index (κ3) is 1.99. The Morgan fingerprint density at radius 2 is 2.14 bits per heavy atom. The molecule has 1 aliphatic heterocycles. The van der Waals surface area contributed by atoms with Crippen molar-refractivity contribution in [3.8, 4) is 6.07 Å². The Balaban J connectivity index is 3.10. The zero-order valence-electron chi connectivity index (χ0n) is 7.09. The molecule has 6 heteroatoms. The van der Waals surface area contributed by atoms with Crippen molar-refractivity contribution in [3.05, 3.63) is 11.6 Å². The summed E-state index contributed by atoms with van der Waals surface area (Å²) < 4.78 is 36.6. The van der Waals surface area contributed by atoms with E-state index in [2.05, 4.69) is 17.2 Å². The number of rotatable bonds is 0. The predicted octanol–water partition coefficient (Wildman–Crippen LogP) is 2.42. The highest BCUT2D eigenvalue weighted by Crippen LogP contribution is 2.26. The number of aliphatic imine (C=N–C) groups is 1. The van der Waals surface area contributed by atoms with Crippen LogP contribution in [0.25, 0.3) is 0 Å². The van der Waals surface area contributed by atoms with Crippen molar-refractivity contribution in [1.82, 2.24) is 0 Å². The van der Waals surface area contributed by atoms with Gasteiger partial charge in [0, 0.05) is 0 Å². The molecule has 0 N–H and O–H groups in total. The summed E-state index contributed by atoms with van der Waals surface area (Å²) in [5.74, 6) is -0.809. The zero-order valence-corrected chi connectivity index (χ0v) is 7.91. The predicted molar refractivity (Wildman–Crippen MR) is 48.9 cm³/mol. The minimum absolute atomic E-state index is 0.222. The largest absolute Gasteiger partial charge is 0.433 e. The second kappa shape index (κ2) is 3.50. The third-order valence-electron chi connectivity index (χ3n) is 1.72. The van der Waals surface area contributed by atoms with Crippen molar-refractivity contribution in [2.45, 2.75) is 13.1 Å². The van der Waals surface area contributed by atoms with Gasteiger partial charge in [0.15, 0.2) is 0 Å². The van der Waals surface area contributed by atoms with Crippen molar-refractivity contribution in [3.63, 3.8) is 0 Å². The maximum Gasteiger partial charge on any atom is 0.433 e. The molecule has 0 aromatic carbocycles. The minimum atomic E-state index is -4.51. The lowest BCUT2D eigenvalue weighted by Gasteiger charge is -2.16. The Morgan fingerprint density at radius 3 is 2.50 bits per heavy atom. The van der Waals surface area contributed by atoms with E-state index in [1.165, 1.54) is 6.92 Å². The molecule has 0 radical (unpaired) electrons. The average Bonchev–Trinajstić information content (AvgIpc) is 2.01. The molecule has 0 aliphatic carbocycles. The van der Waals surface area contributed by atoms with Gasteiger partial charge in [-0.05, 0) is 18.6 Å². The molecule has 1 heterocycles.